The quantitative estimate of drug-likeness (QED) is 0.593. The van der Waals surface area contributed by atoms with Gasteiger partial charge in [-0.1, -0.05) is 0 Å². The van der Waals surface area contributed by atoms with E-state index in [0.29, 0.717) is 10.2 Å². The Morgan fingerprint density at radius 1 is 1.39 bits per heavy atom. The molecule has 0 aromatic carbocycles. The number of nitrogens with two attached hydrogens (primary N) is 1. The van der Waals surface area contributed by atoms with Crippen molar-refractivity contribution in [3.63, 3.8) is 0 Å². The lowest BCUT2D eigenvalue weighted by molar-refractivity contribution is -0.135. The molecule has 0 fully saturated rings. The molecule has 0 radical (unpaired) electrons. The first-order chi connectivity index (χ1) is 8.33. The highest BCUT2D eigenvalue weighted by molar-refractivity contribution is 9.11. The summed E-state index contributed by atoms with van der Waals surface area (Å²) in [7, 11) is 0. The predicted molar refractivity (Wildman–Crippen MR) is 69.6 cm³/mol. The summed E-state index contributed by atoms with van der Waals surface area (Å²) in [6.07, 6.45) is -3.11. The van der Waals surface area contributed by atoms with Crippen molar-refractivity contribution in [1.29, 1.82) is 0 Å². The standard InChI is InChI=1S/C10H12Br2F3N3/c11-6-4-7(12)9(17-5-6)8(18-16)2-1-3-10(13,14)15/h4-5,8,18H,1-3,16H2. The van der Waals surface area contributed by atoms with E-state index in [-0.39, 0.29) is 12.8 Å². The van der Waals surface area contributed by atoms with Gasteiger partial charge < -0.3 is 0 Å². The second kappa shape index (κ2) is 6.83. The van der Waals surface area contributed by atoms with E-state index < -0.39 is 18.6 Å². The summed E-state index contributed by atoms with van der Waals surface area (Å²) >= 11 is 6.56. The molecule has 102 valence electrons. The van der Waals surface area contributed by atoms with Crippen molar-refractivity contribution >= 4 is 31.9 Å². The van der Waals surface area contributed by atoms with Crippen molar-refractivity contribution < 1.29 is 13.2 Å². The highest BCUT2D eigenvalue weighted by atomic mass is 79.9. The van der Waals surface area contributed by atoms with Gasteiger partial charge in [0.2, 0.25) is 0 Å². The van der Waals surface area contributed by atoms with Crippen LogP contribution < -0.4 is 11.3 Å². The summed E-state index contributed by atoms with van der Waals surface area (Å²) in [5, 5.41) is 0. The zero-order chi connectivity index (χ0) is 13.8. The first kappa shape index (κ1) is 15.9. The zero-order valence-electron chi connectivity index (χ0n) is 9.27. The van der Waals surface area contributed by atoms with Gasteiger partial charge >= 0.3 is 6.18 Å². The van der Waals surface area contributed by atoms with E-state index in [1.807, 2.05) is 0 Å². The van der Waals surface area contributed by atoms with Gasteiger partial charge in [0.25, 0.3) is 0 Å². The van der Waals surface area contributed by atoms with Gasteiger partial charge in [0, 0.05) is 21.6 Å². The Labute approximate surface area is 120 Å². The third-order valence-corrected chi connectivity index (χ3v) is 3.39. The van der Waals surface area contributed by atoms with Crippen LogP contribution in [0.5, 0.6) is 0 Å². The van der Waals surface area contributed by atoms with Crippen LogP contribution >= 0.6 is 31.9 Å². The van der Waals surface area contributed by atoms with Crippen LogP contribution in [-0.2, 0) is 0 Å². The van der Waals surface area contributed by atoms with E-state index >= 15 is 0 Å². The lowest BCUT2D eigenvalue weighted by atomic mass is 10.1. The molecule has 0 aliphatic rings. The SMILES string of the molecule is NNC(CCCC(F)(F)F)c1ncc(Br)cc1Br. The maximum absolute atomic E-state index is 12.1. The topological polar surface area (TPSA) is 50.9 Å². The van der Waals surface area contributed by atoms with E-state index in [9.17, 15) is 13.2 Å². The molecule has 8 heteroatoms. The van der Waals surface area contributed by atoms with Crippen LogP contribution in [0.2, 0.25) is 0 Å². The molecule has 1 heterocycles. The lowest BCUT2D eigenvalue weighted by Crippen LogP contribution is -2.29. The fraction of sp³-hybridized carbons (Fsp3) is 0.500. The fourth-order valence-electron chi connectivity index (χ4n) is 1.49. The van der Waals surface area contributed by atoms with Crippen molar-refractivity contribution in [3.05, 3.63) is 26.9 Å². The molecule has 0 bridgehead atoms. The summed E-state index contributed by atoms with van der Waals surface area (Å²) in [4.78, 5) is 4.15. The number of hydrazine groups is 1. The minimum Gasteiger partial charge on any atom is -0.271 e. The van der Waals surface area contributed by atoms with Crippen LogP contribution in [0.15, 0.2) is 21.2 Å². The molecule has 1 unspecified atom stereocenters. The Bertz CT molecular complexity index is 398. The van der Waals surface area contributed by atoms with Gasteiger partial charge in [-0.05, 0) is 50.8 Å². The smallest absolute Gasteiger partial charge is 0.271 e. The van der Waals surface area contributed by atoms with Crippen molar-refractivity contribution in [1.82, 2.24) is 10.4 Å². The van der Waals surface area contributed by atoms with E-state index in [1.54, 1.807) is 12.3 Å². The molecular formula is C10H12Br2F3N3. The summed E-state index contributed by atoms with van der Waals surface area (Å²) < 4.78 is 37.7. The number of pyridine rings is 1. The highest BCUT2D eigenvalue weighted by Gasteiger charge is 2.27. The monoisotopic (exact) mass is 389 g/mol. The third kappa shape index (κ3) is 5.21. The Balaban J connectivity index is 2.66. The number of hydrogen-bond donors (Lipinski definition) is 2. The first-order valence-electron chi connectivity index (χ1n) is 5.17. The van der Waals surface area contributed by atoms with Crippen molar-refractivity contribution in [2.75, 3.05) is 0 Å². The minimum absolute atomic E-state index is 0.00253. The molecule has 0 saturated carbocycles. The average Bonchev–Trinajstić information content (AvgIpc) is 2.24. The molecular weight excluding hydrogens is 379 g/mol. The van der Waals surface area contributed by atoms with Gasteiger partial charge in [0.05, 0.1) is 11.7 Å². The van der Waals surface area contributed by atoms with Crippen molar-refractivity contribution in [3.8, 4) is 0 Å². The minimum atomic E-state index is -4.14. The Morgan fingerprint density at radius 2 is 2.06 bits per heavy atom. The third-order valence-electron chi connectivity index (χ3n) is 2.32. The van der Waals surface area contributed by atoms with Gasteiger partial charge in [0.1, 0.15) is 0 Å². The number of halogens is 5. The number of nitrogens with zero attached hydrogens (tertiary/aromatic N) is 1. The van der Waals surface area contributed by atoms with E-state index in [1.165, 1.54) is 0 Å². The average molecular weight is 391 g/mol. The van der Waals surface area contributed by atoms with Crippen molar-refractivity contribution in [2.24, 2.45) is 5.84 Å². The molecule has 0 amide bonds. The molecule has 3 nitrogen and oxygen atoms in total. The van der Waals surface area contributed by atoms with E-state index in [4.69, 9.17) is 5.84 Å². The van der Waals surface area contributed by atoms with Gasteiger partial charge in [-0.25, -0.2) is 0 Å². The molecule has 1 aromatic rings. The highest BCUT2D eigenvalue weighted by Crippen LogP contribution is 2.29. The molecule has 0 aliphatic heterocycles. The molecule has 3 N–H and O–H groups in total. The van der Waals surface area contributed by atoms with Crippen LogP contribution in [0.25, 0.3) is 0 Å². The number of hydrogen-bond acceptors (Lipinski definition) is 3. The summed E-state index contributed by atoms with van der Waals surface area (Å²) in [6.45, 7) is 0. The van der Waals surface area contributed by atoms with Crippen LogP contribution in [0.4, 0.5) is 13.2 Å². The van der Waals surface area contributed by atoms with E-state index in [0.717, 1.165) is 4.47 Å². The second-order valence-electron chi connectivity index (χ2n) is 3.75. The molecule has 1 rings (SSSR count). The van der Waals surface area contributed by atoms with Crippen molar-refractivity contribution in [2.45, 2.75) is 31.5 Å². The normalized spacial score (nSPS) is 13.7. The second-order valence-corrected chi connectivity index (χ2v) is 5.52. The van der Waals surface area contributed by atoms with Gasteiger partial charge in [-0.2, -0.15) is 13.2 Å². The number of alkyl halides is 3. The number of rotatable bonds is 5. The molecule has 0 aliphatic carbocycles. The Hall–Kier alpha value is -0.180. The van der Waals surface area contributed by atoms with Gasteiger partial charge in [-0.15, -0.1) is 0 Å². The van der Waals surface area contributed by atoms with Crippen LogP contribution in [0.3, 0.4) is 0 Å². The maximum Gasteiger partial charge on any atom is 0.389 e. The lowest BCUT2D eigenvalue weighted by Gasteiger charge is -2.17. The fourth-order valence-corrected chi connectivity index (χ4v) is 2.75. The summed E-state index contributed by atoms with van der Waals surface area (Å²) in [5.41, 5.74) is 3.09. The Morgan fingerprint density at radius 3 is 2.56 bits per heavy atom. The van der Waals surface area contributed by atoms with Crippen LogP contribution in [0.1, 0.15) is 31.0 Å². The maximum atomic E-state index is 12.1. The number of aromatic nitrogens is 1. The predicted octanol–water partition coefficient (Wildman–Crippen LogP) is 3.84. The summed E-state index contributed by atoms with van der Waals surface area (Å²) in [6, 6.07) is 1.37. The molecule has 1 atom stereocenters. The number of nitrogens with one attached hydrogen (secondary N) is 1. The van der Waals surface area contributed by atoms with Crippen LogP contribution in [-0.4, -0.2) is 11.2 Å². The Kier molecular flexibility index (Phi) is 6.03. The molecule has 0 saturated heterocycles. The van der Waals surface area contributed by atoms with E-state index in [2.05, 4.69) is 42.3 Å². The summed E-state index contributed by atoms with van der Waals surface area (Å²) in [5.74, 6) is 5.36. The first-order valence-corrected chi connectivity index (χ1v) is 6.76. The van der Waals surface area contributed by atoms with Gasteiger partial charge in [0.15, 0.2) is 0 Å². The van der Waals surface area contributed by atoms with Crippen LogP contribution in [0, 0.1) is 0 Å². The zero-order valence-corrected chi connectivity index (χ0v) is 12.4. The molecule has 18 heavy (non-hydrogen) atoms. The largest absolute Gasteiger partial charge is 0.389 e. The molecule has 1 aromatic heterocycles. The molecule has 0 spiro atoms. The van der Waals surface area contributed by atoms with Gasteiger partial charge in [-0.3, -0.25) is 16.3 Å².